The molecule has 2 heterocycles. The first-order chi connectivity index (χ1) is 14.9. The molecule has 7 heteroatoms. The number of aryl methyl sites for hydroxylation is 1. The van der Waals surface area contributed by atoms with E-state index in [9.17, 15) is 14.0 Å². The van der Waals surface area contributed by atoms with Crippen LogP contribution in [0.5, 0.6) is 0 Å². The molecule has 1 aromatic heterocycles. The Kier molecular flexibility index (Phi) is 5.74. The van der Waals surface area contributed by atoms with Crippen molar-refractivity contribution in [3.8, 4) is 11.1 Å². The van der Waals surface area contributed by atoms with E-state index in [0.29, 0.717) is 28.4 Å². The number of halogens is 2. The van der Waals surface area contributed by atoms with Crippen molar-refractivity contribution in [1.29, 1.82) is 0 Å². The summed E-state index contributed by atoms with van der Waals surface area (Å²) >= 11 is 6.06. The summed E-state index contributed by atoms with van der Waals surface area (Å²) in [7, 11) is 1.66. The molecule has 2 aromatic carbocycles. The number of benzene rings is 2. The monoisotopic (exact) mass is 437 g/mol. The third-order valence-electron chi connectivity index (χ3n) is 5.30. The minimum atomic E-state index is -0.600. The molecule has 0 saturated heterocycles. The molecule has 1 aliphatic rings. The molecule has 1 aliphatic heterocycles. The summed E-state index contributed by atoms with van der Waals surface area (Å²) in [5, 5.41) is 3.37. The lowest BCUT2D eigenvalue weighted by molar-refractivity contribution is -0.121. The van der Waals surface area contributed by atoms with Crippen LogP contribution < -0.4 is 10.9 Å². The fraction of sp³-hybridized carbons (Fsp3) is 0.208. The Hall–Kier alpha value is -3.25. The normalized spacial score (nSPS) is 14.8. The van der Waals surface area contributed by atoms with Gasteiger partial charge >= 0.3 is 0 Å². The number of pyridine rings is 1. The SMILES string of the molecule is CCNC(=O)CC1N=C(c2ccc(Cl)cc2)c2cc(F)ccc2-c2cn(C)c(=O)cc21. The Balaban J connectivity index is 2.01. The number of hydrogen-bond acceptors (Lipinski definition) is 3. The Bertz CT molecular complexity index is 1250. The summed E-state index contributed by atoms with van der Waals surface area (Å²) in [4.78, 5) is 29.8. The molecule has 1 unspecified atom stereocenters. The van der Waals surface area contributed by atoms with E-state index in [2.05, 4.69) is 5.32 Å². The van der Waals surface area contributed by atoms with Gasteiger partial charge in [-0.1, -0.05) is 29.8 Å². The number of carbonyl (C=O) groups is 1. The Morgan fingerprint density at radius 1 is 1.13 bits per heavy atom. The van der Waals surface area contributed by atoms with Crippen molar-refractivity contribution in [2.24, 2.45) is 12.0 Å². The molecule has 5 nitrogen and oxygen atoms in total. The van der Waals surface area contributed by atoms with E-state index < -0.39 is 11.9 Å². The zero-order valence-corrected chi connectivity index (χ0v) is 17.9. The Morgan fingerprint density at radius 2 is 1.87 bits per heavy atom. The van der Waals surface area contributed by atoms with E-state index in [4.69, 9.17) is 16.6 Å². The van der Waals surface area contributed by atoms with Crippen molar-refractivity contribution in [2.75, 3.05) is 6.54 Å². The van der Waals surface area contributed by atoms with Crippen LogP contribution in [0.25, 0.3) is 11.1 Å². The molecule has 1 amide bonds. The van der Waals surface area contributed by atoms with Gasteiger partial charge in [0.25, 0.3) is 5.56 Å². The van der Waals surface area contributed by atoms with Gasteiger partial charge < -0.3 is 9.88 Å². The molecule has 0 aliphatic carbocycles. The number of rotatable bonds is 4. The van der Waals surface area contributed by atoms with Gasteiger partial charge in [0, 0.05) is 47.6 Å². The summed E-state index contributed by atoms with van der Waals surface area (Å²) in [5.74, 6) is -0.565. The second kappa shape index (κ2) is 8.47. The van der Waals surface area contributed by atoms with Crippen LogP contribution in [-0.4, -0.2) is 22.7 Å². The highest BCUT2D eigenvalue weighted by molar-refractivity contribution is 6.30. The molecule has 1 atom stereocenters. The highest BCUT2D eigenvalue weighted by Gasteiger charge is 2.27. The number of nitrogens with one attached hydrogen (secondary N) is 1. The summed E-state index contributed by atoms with van der Waals surface area (Å²) in [5.41, 5.74) is 3.84. The summed E-state index contributed by atoms with van der Waals surface area (Å²) in [6.45, 7) is 2.34. The predicted molar refractivity (Wildman–Crippen MR) is 120 cm³/mol. The van der Waals surface area contributed by atoms with Crippen LogP contribution in [0.3, 0.4) is 0 Å². The molecule has 0 saturated carbocycles. The van der Waals surface area contributed by atoms with Crippen molar-refractivity contribution >= 4 is 23.2 Å². The third-order valence-corrected chi connectivity index (χ3v) is 5.55. The number of aromatic nitrogens is 1. The number of carbonyl (C=O) groups excluding carboxylic acids is 1. The summed E-state index contributed by atoms with van der Waals surface area (Å²) in [6.07, 6.45) is 1.79. The lowest BCUT2D eigenvalue weighted by Crippen LogP contribution is -2.25. The maximum atomic E-state index is 14.3. The number of hydrogen-bond donors (Lipinski definition) is 1. The van der Waals surface area contributed by atoms with Crippen LogP contribution in [0.4, 0.5) is 4.39 Å². The topological polar surface area (TPSA) is 63.5 Å². The van der Waals surface area contributed by atoms with Gasteiger partial charge in [-0.2, -0.15) is 0 Å². The van der Waals surface area contributed by atoms with Crippen molar-refractivity contribution in [3.05, 3.63) is 92.6 Å². The zero-order valence-electron chi connectivity index (χ0n) is 17.2. The lowest BCUT2D eigenvalue weighted by Gasteiger charge is -2.16. The first kappa shape index (κ1) is 21.0. The van der Waals surface area contributed by atoms with Crippen LogP contribution in [0.15, 0.2) is 64.5 Å². The van der Waals surface area contributed by atoms with E-state index in [1.165, 1.54) is 22.8 Å². The van der Waals surface area contributed by atoms with Crippen molar-refractivity contribution < 1.29 is 9.18 Å². The first-order valence-electron chi connectivity index (χ1n) is 9.98. The second-order valence-corrected chi connectivity index (χ2v) is 7.88. The number of nitrogens with zero attached hydrogens (tertiary/aromatic N) is 2. The molecule has 158 valence electrons. The average molecular weight is 438 g/mol. The molecule has 4 rings (SSSR count). The standard InChI is InChI=1S/C24H21ClFN3O2/c1-3-27-22(30)12-21-18-11-23(31)29(2)13-20(18)17-9-8-16(26)10-19(17)24(28-21)14-4-6-15(25)7-5-14/h4-11,13,21H,3,12H2,1-2H3,(H,27,30). The molecule has 0 bridgehead atoms. The van der Waals surface area contributed by atoms with Gasteiger partial charge in [-0.15, -0.1) is 0 Å². The molecule has 0 fully saturated rings. The van der Waals surface area contributed by atoms with E-state index >= 15 is 0 Å². The quantitative estimate of drug-likeness (QED) is 0.662. The summed E-state index contributed by atoms with van der Waals surface area (Å²) in [6, 6.07) is 12.5. The molecule has 0 radical (unpaired) electrons. The molecule has 31 heavy (non-hydrogen) atoms. The smallest absolute Gasteiger partial charge is 0.250 e. The van der Waals surface area contributed by atoms with Crippen molar-refractivity contribution in [3.63, 3.8) is 0 Å². The van der Waals surface area contributed by atoms with Gasteiger partial charge in [0.15, 0.2) is 0 Å². The zero-order chi connectivity index (χ0) is 22.1. The van der Waals surface area contributed by atoms with Gasteiger partial charge in [0.05, 0.1) is 18.2 Å². The Morgan fingerprint density at radius 3 is 2.58 bits per heavy atom. The minimum absolute atomic E-state index is 0.0710. The lowest BCUT2D eigenvalue weighted by atomic mass is 9.91. The second-order valence-electron chi connectivity index (χ2n) is 7.44. The van der Waals surface area contributed by atoms with Crippen LogP contribution in [0.1, 0.15) is 36.1 Å². The number of amides is 1. The van der Waals surface area contributed by atoms with E-state index in [-0.39, 0.29) is 17.9 Å². The predicted octanol–water partition coefficient (Wildman–Crippen LogP) is 4.26. The molecule has 3 aromatic rings. The molecular formula is C24H21ClFN3O2. The average Bonchev–Trinajstić information content (AvgIpc) is 2.85. The minimum Gasteiger partial charge on any atom is -0.356 e. The van der Waals surface area contributed by atoms with Crippen LogP contribution in [-0.2, 0) is 11.8 Å². The number of fused-ring (bicyclic) bond motifs is 3. The van der Waals surface area contributed by atoms with E-state index in [1.54, 1.807) is 31.4 Å². The van der Waals surface area contributed by atoms with E-state index in [0.717, 1.165) is 16.7 Å². The highest BCUT2D eigenvalue weighted by Crippen LogP contribution is 2.38. The van der Waals surface area contributed by atoms with Crippen molar-refractivity contribution in [1.82, 2.24) is 9.88 Å². The third kappa shape index (κ3) is 4.16. The maximum Gasteiger partial charge on any atom is 0.250 e. The molecule has 1 N–H and O–H groups in total. The molecular weight excluding hydrogens is 417 g/mol. The summed E-state index contributed by atoms with van der Waals surface area (Å²) < 4.78 is 15.8. The van der Waals surface area contributed by atoms with Crippen LogP contribution in [0, 0.1) is 5.82 Å². The fourth-order valence-corrected chi connectivity index (χ4v) is 3.95. The number of aliphatic imine (C=N–C) groups is 1. The largest absolute Gasteiger partial charge is 0.356 e. The van der Waals surface area contributed by atoms with E-state index in [1.807, 2.05) is 19.1 Å². The molecule has 0 spiro atoms. The first-order valence-corrected chi connectivity index (χ1v) is 10.4. The van der Waals surface area contributed by atoms with Crippen LogP contribution >= 0.6 is 11.6 Å². The van der Waals surface area contributed by atoms with Crippen LogP contribution in [0.2, 0.25) is 5.02 Å². The van der Waals surface area contributed by atoms with Gasteiger partial charge in [0.2, 0.25) is 5.91 Å². The fourth-order valence-electron chi connectivity index (χ4n) is 3.83. The highest BCUT2D eigenvalue weighted by atomic mass is 35.5. The van der Waals surface area contributed by atoms with Crippen molar-refractivity contribution in [2.45, 2.75) is 19.4 Å². The van der Waals surface area contributed by atoms with Gasteiger partial charge in [-0.25, -0.2) is 4.39 Å². The Labute approximate surface area is 184 Å². The maximum absolute atomic E-state index is 14.3. The van der Waals surface area contributed by atoms with Gasteiger partial charge in [-0.05, 0) is 42.3 Å². The van der Waals surface area contributed by atoms with Gasteiger partial charge in [-0.3, -0.25) is 14.6 Å². The van der Waals surface area contributed by atoms with Gasteiger partial charge in [0.1, 0.15) is 5.82 Å².